The van der Waals surface area contributed by atoms with Crippen LogP contribution in [0.3, 0.4) is 0 Å². The fourth-order valence-corrected chi connectivity index (χ4v) is 2.27. The molecule has 0 unspecified atom stereocenters. The van der Waals surface area contributed by atoms with E-state index in [0.717, 1.165) is 0 Å². The topological polar surface area (TPSA) is 95.8 Å². The summed E-state index contributed by atoms with van der Waals surface area (Å²) >= 11 is 0. The molecule has 2 N–H and O–H groups in total. The number of carboxylic acids is 1. The lowest BCUT2D eigenvalue weighted by Gasteiger charge is -2.12. The fourth-order valence-electron chi connectivity index (χ4n) is 2.27. The van der Waals surface area contributed by atoms with E-state index in [1.54, 1.807) is 24.3 Å². The number of amides is 2. The number of fused-ring (bicyclic) bond motifs is 3. The largest absolute Gasteiger partial charge is 0.481 e. The van der Waals surface area contributed by atoms with Crippen LogP contribution in [0.4, 0.5) is 0 Å². The maximum atomic E-state index is 11.4. The summed E-state index contributed by atoms with van der Waals surface area (Å²) < 4.78 is 0. The minimum atomic E-state index is -1.01. The molecule has 0 atom stereocenters. The van der Waals surface area contributed by atoms with Gasteiger partial charge in [-0.2, -0.15) is 0 Å². The van der Waals surface area contributed by atoms with Gasteiger partial charge in [-0.15, -0.1) is 0 Å². The van der Waals surface area contributed by atoms with Crippen molar-refractivity contribution in [1.29, 1.82) is 0 Å². The zero-order chi connectivity index (χ0) is 13.6. The number of nitrogens with one attached hydrogen (secondary N) is 1. The SMILES string of the molecule is O=C(O)CC1=C2NC(=O)C(=O)N=C2c2ccccc21. The molecule has 1 heterocycles. The van der Waals surface area contributed by atoms with E-state index in [9.17, 15) is 14.4 Å². The molecule has 3 rings (SSSR count). The summed E-state index contributed by atoms with van der Waals surface area (Å²) in [5.74, 6) is -2.72. The Hall–Kier alpha value is -2.76. The van der Waals surface area contributed by atoms with Gasteiger partial charge in [0, 0.05) is 5.56 Å². The van der Waals surface area contributed by atoms with Crippen molar-refractivity contribution in [1.82, 2.24) is 5.32 Å². The van der Waals surface area contributed by atoms with Crippen molar-refractivity contribution in [3.8, 4) is 0 Å². The number of carbonyl (C=O) groups is 3. The molecule has 0 bridgehead atoms. The lowest BCUT2D eigenvalue weighted by molar-refractivity contribution is -0.137. The van der Waals surface area contributed by atoms with Gasteiger partial charge in [-0.25, -0.2) is 4.99 Å². The predicted molar refractivity (Wildman–Crippen MR) is 65.3 cm³/mol. The highest BCUT2D eigenvalue weighted by Gasteiger charge is 2.35. The lowest BCUT2D eigenvalue weighted by Crippen LogP contribution is -2.37. The average Bonchev–Trinajstić information content (AvgIpc) is 2.65. The Labute approximate surface area is 107 Å². The molecule has 1 aromatic carbocycles. The van der Waals surface area contributed by atoms with E-state index in [2.05, 4.69) is 10.3 Å². The van der Waals surface area contributed by atoms with Crippen molar-refractivity contribution < 1.29 is 19.5 Å². The van der Waals surface area contributed by atoms with Crippen LogP contribution in [-0.4, -0.2) is 28.6 Å². The Morgan fingerprint density at radius 3 is 2.58 bits per heavy atom. The van der Waals surface area contributed by atoms with Crippen molar-refractivity contribution in [2.75, 3.05) is 0 Å². The highest BCUT2D eigenvalue weighted by molar-refractivity contribution is 6.44. The number of carbonyl (C=O) groups excluding carboxylic acids is 2. The van der Waals surface area contributed by atoms with Crippen LogP contribution in [0.2, 0.25) is 0 Å². The fraction of sp³-hybridized carbons (Fsp3) is 0.0769. The molecule has 6 heteroatoms. The molecule has 19 heavy (non-hydrogen) atoms. The highest BCUT2D eigenvalue weighted by atomic mass is 16.4. The van der Waals surface area contributed by atoms with Crippen molar-refractivity contribution in [3.05, 3.63) is 41.1 Å². The van der Waals surface area contributed by atoms with E-state index < -0.39 is 17.8 Å². The lowest BCUT2D eigenvalue weighted by atomic mass is 10.0. The number of benzene rings is 1. The molecule has 2 amide bonds. The molecule has 0 spiro atoms. The Morgan fingerprint density at radius 2 is 1.89 bits per heavy atom. The Balaban J connectivity index is 2.24. The number of hydrogen-bond acceptors (Lipinski definition) is 3. The summed E-state index contributed by atoms with van der Waals surface area (Å²) in [6.45, 7) is 0. The van der Waals surface area contributed by atoms with Crippen LogP contribution in [-0.2, 0) is 14.4 Å². The molecule has 1 aliphatic heterocycles. The quantitative estimate of drug-likeness (QED) is 0.745. The summed E-state index contributed by atoms with van der Waals surface area (Å²) in [6.07, 6.45) is -0.236. The molecule has 0 fully saturated rings. The van der Waals surface area contributed by atoms with Crippen LogP contribution >= 0.6 is 0 Å². The first-order valence-electron chi connectivity index (χ1n) is 5.57. The number of carboxylic acid groups (broad SMARTS) is 1. The second-order valence-corrected chi connectivity index (χ2v) is 4.19. The van der Waals surface area contributed by atoms with E-state index in [1.807, 2.05) is 0 Å². The van der Waals surface area contributed by atoms with E-state index in [-0.39, 0.29) is 6.42 Å². The van der Waals surface area contributed by atoms with Gasteiger partial charge in [0.15, 0.2) is 0 Å². The summed E-state index contributed by atoms with van der Waals surface area (Å²) in [5.41, 5.74) is 2.50. The van der Waals surface area contributed by atoms with E-state index >= 15 is 0 Å². The van der Waals surface area contributed by atoms with Gasteiger partial charge in [0.2, 0.25) is 0 Å². The van der Waals surface area contributed by atoms with E-state index in [0.29, 0.717) is 28.1 Å². The molecule has 0 aromatic heterocycles. The van der Waals surface area contributed by atoms with Crippen LogP contribution in [0, 0.1) is 0 Å². The van der Waals surface area contributed by atoms with Crippen molar-refractivity contribution in [3.63, 3.8) is 0 Å². The monoisotopic (exact) mass is 256 g/mol. The van der Waals surface area contributed by atoms with Gasteiger partial charge in [-0.3, -0.25) is 14.4 Å². The van der Waals surface area contributed by atoms with Gasteiger partial charge in [0.1, 0.15) is 0 Å². The second-order valence-electron chi connectivity index (χ2n) is 4.19. The number of hydrogen-bond donors (Lipinski definition) is 2. The zero-order valence-electron chi connectivity index (χ0n) is 9.64. The zero-order valence-corrected chi connectivity index (χ0v) is 9.64. The minimum absolute atomic E-state index is 0.236. The normalized spacial score (nSPS) is 16.7. The third-order valence-corrected chi connectivity index (χ3v) is 3.02. The van der Waals surface area contributed by atoms with Crippen LogP contribution < -0.4 is 5.32 Å². The number of allylic oxidation sites excluding steroid dienone is 1. The first-order valence-corrected chi connectivity index (χ1v) is 5.57. The van der Waals surface area contributed by atoms with Gasteiger partial charge in [-0.05, 0) is 11.1 Å². The standard InChI is InChI=1S/C13H8N2O4/c16-9(17)5-8-6-3-1-2-4-7(6)10-11(8)15-13(19)12(18)14-10/h1-4H,5H2,(H,15,19)(H,16,17). The van der Waals surface area contributed by atoms with Crippen LogP contribution in [0.1, 0.15) is 17.5 Å². The number of aliphatic carboxylic acids is 1. The van der Waals surface area contributed by atoms with Crippen LogP contribution in [0.5, 0.6) is 0 Å². The van der Waals surface area contributed by atoms with Gasteiger partial charge in [0.25, 0.3) is 0 Å². The molecule has 6 nitrogen and oxygen atoms in total. The molecule has 1 aliphatic carbocycles. The maximum Gasteiger partial charge on any atom is 0.335 e. The Bertz CT molecular complexity index is 700. The summed E-state index contributed by atoms with van der Waals surface area (Å²) in [4.78, 5) is 37.4. The second kappa shape index (κ2) is 3.88. The Kier molecular flexibility index (Phi) is 2.31. The van der Waals surface area contributed by atoms with Crippen molar-refractivity contribution in [2.24, 2.45) is 4.99 Å². The van der Waals surface area contributed by atoms with Gasteiger partial charge in [-0.1, -0.05) is 24.3 Å². The first-order chi connectivity index (χ1) is 9.08. The molecular formula is C13H8N2O4. The van der Waals surface area contributed by atoms with Crippen LogP contribution in [0.25, 0.3) is 5.57 Å². The molecule has 0 saturated carbocycles. The van der Waals surface area contributed by atoms with Gasteiger partial charge in [0.05, 0.1) is 17.8 Å². The molecule has 0 saturated heterocycles. The summed E-state index contributed by atoms with van der Waals surface area (Å²) in [5, 5.41) is 11.4. The average molecular weight is 256 g/mol. The third kappa shape index (κ3) is 1.65. The third-order valence-electron chi connectivity index (χ3n) is 3.02. The first kappa shape index (κ1) is 11.3. The summed E-state index contributed by atoms with van der Waals surface area (Å²) in [7, 11) is 0. The van der Waals surface area contributed by atoms with Crippen LogP contribution in [0.15, 0.2) is 35.0 Å². The number of nitrogens with zero attached hydrogens (tertiary/aromatic N) is 1. The Morgan fingerprint density at radius 1 is 1.21 bits per heavy atom. The van der Waals surface area contributed by atoms with Crippen molar-refractivity contribution in [2.45, 2.75) is 6.42 Å². The molecule has 1 aromatic rings. The number of aliphatic imine (C=N–C) groups is 1. The molecular weight excluding hydrogens is 248 g/mol. The number of rotatable bonds is 2. The van der Waals surface area contributed by atoms with Crippen molar-refractivity contribution >= 4 is 29.1 Å². The van der Waals surface area contributed by atoms with Gasteiger partial charge < -0.3 is 10.4 Å². The van der Waals surface area contributed by atoms with Gasteiger partial charge >= 0.3 is 17.8 Å². The molecule has 94 valence electrons. The minimum Gasteiger partial charge on any atom is -0.481 e. The van der Waals surface area contributed by atoms with E-state index in [1.165, 1.54) is 0 Å². The molecule has 0 radical (unpaired) electrons. The van der Waals surface area contributed by atoms with E-state index in [4.69, 9.17) is 5.11 Å². The molecule has 2 aliphatic rings. The maximum absolute atomic E-state index is 11.4. The highest BCUT2D eigenvalue weighted by Crippen LogP contribution is 2.35. The summed E-state index contributed by atoms with van der Waals surface area (Å²) in [6, 6.07) is 7.03. The predicted octanol–water partition coefficient (Wildman–Crippen LogP) is 0.331. The smallest absolute Gasteiger partial charge is 0.335 e.